The predicted octanol–water partition coefficient (Wildman–Crippen LogP) is 3.10. The van der Waals surface area contributed by atoms with E-state index in [1.54, 1.807) is 11.3 Å². The summed E-state index contributed by atoms with van der Waals surface area (Å²) in [5, 5.41) is 1.23. The highest BCUT2D eigenvalue weighted by Crippen LogP contribution is 2.47. The van der Waals surface area contributed by atoms with E-state index < -0.39 is 0 Å². The van der Waals surface area contributed by atoms with Crippen molar-refractivity contribution in [3.05, 3.63) is 16.1 Å². The van der Waals surface area contributed by atoms with Gasteiger partial charge in [0.25, 0.3) is 0 Å². The zero-order valence-corrected chi connectivity index (χ0v) is 11.5. The third-order valence-electron chi connectivity index (χ3n) is 4.63. The molecular formula is C14H20N2OS. The summed E-state index contributed by atoms with van der Waals surface area (Å²) in [5.41, 5.74) is 5.22. The Morgan fingerprint density at radius 1 is 1.28 bits per heavy atom. The molecule has 2 saturated carbocycles. The summed E-state index contributed by atoms with van der Waals surface area (Å²) in [6.07, 6.45) is 11.4. The molecule has 2 fully saturated rings. The van der Waals surface area contributed by atoms with E-state index in [1.807, 2.05) is 6.20 Å². The molecule has 0 saturated heterocycles. The van der Waals surface area contributed by atoms with E-state index in [0.717, 1.165) is 24.1 Å². The SMILES string of the molecule is NC(=O)C1(c2cnc(C3CCCCC3)s2)CCC1. The fraction of sp³-hybridized carbons (Fsp3) is 0.714. The van der Waals surface area contributed by atoms with Gasteiger partial charge in [-0.2, -0.15) is 0 Å². The first kappa shape index (κ1) is 12.2. The number of amides is 1. The Kier molecular flexibility index (Phi) is 3.14. The summed E-state index contributed by atoms with van der Waals surface area (Å²) < 4.78 is 0. The Hall–Kier alpha value is -0.900. The quantitative estimate of drug-likeness (QED) is 0.912. The van der Waals surface area contributed by atoms with Gasteiger partial charge in [0, 0.05) is 17.0 Å². The van der Waals surface area contributed by atoms with Gasteiger partial charge in [-0.3, -0.25) is 4.79 Å². The van der Waals surface area contributed by atoms with E-state index in [0.29, 0.717) is 5.92 Å². The van der Waals surface area contributed by atoms with Gasteiger partial charge in [0.05, 0.1) is 10.4 Å². The lowest BCUT2D eigenvalue weighted by Crippen LogP contribution is -2.46. The monoisotopic (exact) mass is 264 g/mol. The van der Waals surface area contributed by atoms with Crippen LogP contribution in [0.25, 0.3) is 0 Å². The van der Waals surface area contributed by atoms with Crippen LogP contribution in [-0.2, 0) is 10.2 Å². The molecule has 0 aliphatic heterocycles. The van der Waals surface area contributed by atoms with Crippen LogP contribution in [0.3, 0.4) is 0 Å². The van der Waals surface area contributed by atoms with Crippen LogP contribution in [0.15, 0.2) is 6.20 Å². The number of carbonyl (C=O) groups is 1. The Morgan fingerprint density at radius 3 is 2.56 bits per heavy atom. The number of carbonyl (C=O) groups excluding carboxylic acids is 1. The predicted molar refractivity (Wildman–Crippen MR) is 72.7 cm³/mol. The summed E-state index contributed by atoms with van der Waals surface area (Å²) in [4.78, 5) is 17.4. The molecule has 2 aliphatic rings. The third-order valence-corrected chi connectivity index (χ3v) is 5.99. The maximum absolute atomic E-state index is 11.7. The smallest absolute Gasteiger partial charge is 0.228 e. The zero-order chi connectivity index (χ0) is 12.6. The zero-order valence-electron chi connectivity index (χ0n) is 10.7. The van der Waals surface area contributed by atoms with Crippen LogP contribution >= 0.6 is 11.3 Å². The average Bonchev–Trinajstić information content (AvgIpc) is 2.78. The van der Waals surface area contributed by atoms with Crippen LogP contribution < -0.4 is 5.73 Å². The summed E-state index contributed by atoms with van der Waals surface area (Å²) in [7, 11) is 0. The molecule has 2 aliphatic carbocycles. The van der Waals surface area contributed by atoms with Crippen molar-refractivity contribution >= 4 is 17.2 Å². The molecule has 0 unspecified atom stereocenters. The van der Waals surface area contributed by atoms with Crippen LogP contribution in [0, 0.1) is 0 Å². The maximum Gasteiger partial charge on any atom is 0.228 e. The average molecular weight is 264 g/mol. The molecule has 3 nitrogen and oxygen atoms in total. The van der Waals surface area contributed by atoms with Crippen molar-refractivity contribution in [2.45, 2.75) is 62.7 Å². The molecule has 2 N–H and O–H groups in total. The van der Waals surface area contributed by atoms with E-state index in [9.17, 15) is 4.79 Å². The number of hydrogen-bond acceptors (Lipinski definition) is 3. The van der Waals surface area contributed by atoms with Gasteiger partial charge < -0.3 is 5.73 Å². The lowest BCUT2D eigenvalue weighted by molar-refractivity contribution is -0.126. The van der Waals surface area contributed by atoms with Crippen molar-refractivity contribution in [3.8, 4) is 0 Å². The van der Waals surface area contributed by atoms with E-state index in [1.165, 1.54) is 37.1 Å². The summed E-state index contributed by atoms with van der Waals surface area (Å²) in [6.45, 7) is 0. The molecule has 0 radical (unpaired) electrons. The van der Waals surface area contributed by atoms with Gasteiger partial charge in [-0.05, 0) is 25.7 Å². The van der Waals surface area contributed by atoms with Crippen molar-refractivity contribution in [2.24, 2.45) is 5.73 Å². The van der Waals surface area contributed by atoms with E-state index in [4.69, 9.17) is 5.73 Å². The topological polar surface area (TPSA) is 56.0 Å². The maximum atomic E-state index is 11.7. The number of thiazole rings is 1. The third kappa shape index (κ3) is 1.87. The number of aromatic nitrogens is 1. The van der Waals surface area contributed by atoms with E-state index >= 15 is 0 Å². The molecule has 0 bridgehead atoms. The molecule has 1 aromatic heterocycles. The normalized spacial score (nSPS) is 23.6. The Morgan fingerprint density at radius 2 is 2.00 bits per heavy atom. The first-order valence-corrected chi connectivity index (χ1v) is 7.80. The molecule has 1 aromatic rings. The van der Waals surface area contributed by atoms with Gasteiger partial charge in [-0.1, -0.05) is 25.7 Å². The van der Waals surface area contributed by atoms with Crippen LogP contribution in [0.5, 0.6) is 0 Å². The Balaban J connectivity index is 1.82. The standard InChI is InChI=1S/C14H20N2OS/c15-13(17)14(7-4-8-14)11-9-16-12(18-11)10-5-2-1-3-6-10/h9-10H,1-8H2,(H2,15,17). The minimum absolute atomic E-state index is 0.160. The van der Waals surface area contributed by atoms with Gasteiger partial charge in [0.2, 0.25) is 5.91 Å². The van der Waals surface area contributed by atoms with Gasteiger partial charge in [-0.15, -0.1) is 11.3 Å². The number of nitrogens with zero attached hydrogens (tertiary/aromatic N) is 1. The lowest BCUT2D eigenvalue weighted by atomic mass is 9.67. The van der Waals surface area contributed by atoms with E-state index in [2.05, 4.69) is 4.98 Å². The van der Waals surface area contributed by atoms with Crippen molar-refractivity contribution in [1.82, 2.24) is 4.98 Å². The summed E-state index contributed by atoms with van der Waals surface area (Å²) in [5.74, 6) is 0.468. The fourth-order valence-corrected chi connectivity index (χ4v) is 4.53. The summed E-state index contributed by atoms with van der Waals surface area (Å²) in [6, 6.07) is 0. The number of rotatable bonds is 3. The van der Waals surface area contributed by atoms with Gasteiger partial charge in [-0.25, -0.2) is 4.98 Å². The molecule has 0 aromatic carbocycles. The minimum Gasteiger partial charge on any atom is -0.369 e. The van der Waals surface area contributed by atoms with Crippen LogP contribution in [0.1, 0.15) is 67.2 Å². The van der Waals surface area contributed by atoms with Crippen molar-refractivity contribution < 1.29 is 4.79 Å². The second-order valence-corrected chi connectivity index (χ2v) is 6.76. The summed E-state index contributed by atoms with van der Waals surface area (Å²) >= 11 is 1.74. The Bertz CT molecular complexity index is 444. The first-order valence-electron chi connectivity index (χ1n) is 6.98. The van der Waals surface area contributed by atoms with Crippen LogP contribution in [0.2, 0.25) is 0 Å². The highest BCUT2D eigenvalue weighted by atomic mass is 32.1. The van der Waals surface area contributed by atoms with E-state index in [-0.39, 0.29) is 11.3 Å². The number of hydrogen-bond donors (Lipinski definition) is 1. The van der Waals surface area contributed by atoms with Gasteiger partial charge in [0.1, 0.15) is 0 Å². The highest BCUT2D eigenvalue weighted by Gasteiger charge is 2.45. The van der Waals surface area contributed by atoms with Crippen LogP contribution in [-0.4, -0.2) is 10.9 Å². The largest absolute Gasteiger partial charge is 0.369 e. The fourth-order valence-electron chi connectivity index (χ4n) is 3.19. The number of nitrogens with two attached hydrogens (primary N) is 1. The molecule has 98 valence electrons. The molecule has 1 heterocycles. The number of primary amides is 1. The van der Waals surface area contributed by atoms with Gasteiger partial charge >= 0.3 is 0 Å². The second kappa shape index (κ2) is 4.65. The van der Waals surface area contributed by atoms with Crippen molar-refractivity contribution in [1.29, 1.82) is 0 Å². The molecule has 18 heavy (non-hydrogen) atoms. The second-order valence-electron chi connectivity index (χ2n) is 5.70. The lowest BCUT2D eigenvalue weighted by Gasteiger charge is -2.37. The molecule has 0 spiro atoms. The van der Waals surface area contributed by atoms with Crippen molar-refractivity contribution in [3.63, 3.8) is 0 Å². The molecule has 4 heteroatoms. The highest BCUT2D eigenvalue weighted by molar-refractivity contribution is 7.12. The molecular weight excluding hydrogens is 244 g/mol. The van der Waals surface area contributed by atoms with Crippen LogP contribution in [0.4, 0.5) is 0 Å². The molecule has 3 rings (SSSR count). The minimum atomic E-state index is -0.370. The Labute approximate surface area is 112 Å². The van der Waals surface area contributed by atoms with Gasteiger partial charge in [0.15, 0.2) is 0 Å². The van der Waals surface area contributed by atoms with Crippen molar-refractivity contribution in [2.75, 3.05) is 0 Å². The first-order chi connectivity index (χ1) is 8.72. The molecule has 0 atom stereocenters. The molecule has 1 amide bonds.